The standard InChI is InChI=1S/C32H35N3O4.ClH/c36-32-21-30(39-23-24-6-2-1-3-7-24)27-8-4-5-9-28(27)35(32)17-16-34-14-12-26(13-15-34)33-22-25-10-11-29-31(20-25)38-19-18-37-29;/h1-11,20-21,26,33H,12-19,22-23H2;1H. The lowest BCUT2D eigenvalue weighted by atomic mass is 10.0. The normalized spacial score (nSPS) is 15.5. The minimum Gasteiger partial charge on any atom is -0.488 e. The summed E-state index contributed by atoms with van der Waals surface area (Å²) in [5.74, 6) is 2.31. The van der Waals surface area contributed by atoms with Crippen LogP contribution in [0.25, 0.3) is 10.9 Å². The Balaban J connectivity index is 0.00000323. The number of benzene rings is 3. The van der Waals surface area contributed by atoms with Crippen molar-refractivity contribution in [1.29, 1.82) is 0 Å². The van der Waals surface area contributed by atoms with E-state index >= 15 is 0 Å². The lowest BCUT2D eigenvalue weighted by Gasteiger charge is -2.32. The minimum atomic E-state index is -0.0206. The van der Waals surface area contributed by atoms with E-state index in [2.05, 4.69) is 22.3 Å². The SMILES string of the molecule is Cl.O=c1cc(OCc2ccccc2)c2ccccc2n1CCN1CCC(NCc2ccc3c(c2)OCCO3)CC1. The Morgan fingerprint density at radius 1 is 0.825 bits per heavy atom. The molecule has 0 unspecified atom stereocenters. The van der Waals surface area contributed by atoms with Crippen molar-refractivity contribution in [2.45, 2.75) is 38.6 Å². The first-order valence-electron chi connectivity index (χ1n) is 13.9. The molecule has 0 aliphatic carbocycles. The second-order valence-electron chi connectivity index (χ2n) is 10.3. The van der Waals surface area contributed by atoms with Gasteiger partial charge < -0.3 is 29.0 Å². The third kappa shape index (κ3) is 6.61. The van der Waals surface area contributed by atoms with Gasteiger partial charge in [0.2, 0.25) is 0 Å². The highest BCUT2D eigenvalue weighted by Gasteiger charge is 2.20. The van der Waals surface area contributed by atoms with Crippen LogP contribution in [-0.2, 0) is 19.7 Å². The first-order chi connectivity index (χ1) is 19.2. The second kappa shape index (κ2) is 13.2. The summed E-state index contributed by atoms with van der Waals surface area (Å²) in [5.41, 5.74) is 3.19. The van der Waals surface area contributed by atoms with Crippen molar-refractivity contribution >= 4 is 23.3 Å². The van der Waals surface area contributed by atoms with Crippen LogP contribution in [0.15, 0.2) is 83.7 Å². The van der Waals surface area contributed by atoms with Gasteiger partial charge in [0, 0.05) is 37.1 Å². The molecule has 2 aliphatic rings. The number of para-hydroxylation sites is 1. The number of nitrogens with one attached hydrogen (secondary N) is 1. The van der Waals surface area contributed by atoms with E-state index in [-0.39, 0.29) is 18.0 Å². The number of hydrogen-bond donors (Lipinski definition) is 1. The Morgan fingerprint density at radius 3 is 2.40 bits per heavy atom. The molecule has 3 aromatic carbocycles. The monoisotopic (exact) mass is 561 g/mol. The molecule has 1 aromatic heterocycles. The van der Waals surface area contributed by atoms with Crippen LogP contribution < -0.4 is 25.1 Å². The van der Waals surface area contributed by atoms with Gasteiger partial charge in [0.15, 0.2) is 11.5 Å². The summed E-state index contributed by atoms with van der Waals surface area (Å²) in [4.78, 5) is 15.6. The maximum atomic E-state index is 13.1. The third-order valence-corrected chi connectivity index (χ3v) is 7.65. The number of aromatic nitrogens is 1. The minimum absolute atomic E-state index is 0. The summed E-state index contributed by atoms with van der Waals surface area (Å²) in [5, 5.41) is 4.68. The number of halogens is 1. The highest BCUT2D eigenvalue weighted by Crippen LogP contribution is 2.31. The fourth-order valence-corrected chi connectivity index (χ4v) is 5.45. The first kappa shape index (κ1) is 28.0. The summed E-state index contributed by atoms with van der Waals surface area (Å²) >= 11 is 0. The van der Waals surface area contributed by atoms with E-state index in [0.29, 0.717) is 38.2 Å². The Bertz CT molecular complexity index is 1470. The van der Waals surface area contributed by atoms with Crippen molar-refractivity contribution < 1.29 is 14.2 Å². The van der Waals surface area contributed by atoms with Gasteiger partial charge in [0.25, 0.3) is 5.56 Å². The van der Waals surface area contributed by atoms with Crippen molar-refractivity contribution in [3.63, 3.8) is 0 Å². The number of rotatable bonds is 9. The number of ether oxygens (including phenoxy) is 3. The molecule has 0 atom stereocenters. The summed E-state index contributed by atoms with van der Waals surface area (Å²) in [7, 11) is 0. The molecule has 3 heterocycles. The number of fused-ring (bicyclic) bond motifs is 2. The van der Waals surface area contributed by atoms with Crippen LogP contribution in [0.4, 0.5) is 0 Å². The van der Waals surface area contributed by atoms with Gasteiger partial charge in [0.05, 0.1) is 5.52 Å². The van der Waals surface area contributed by atoms with Gasteiger partial charge in [-0.25, -0.2) is 0 Å². The molecule has 0 saturated carbocycles. The molecule has 2 aliphatic heterocycles. The molecule has 0 spiro atoms. The molecule has 1 saturated heterocycles. The van der Waals surface area contributed by atoms with Crippen molar-refractivity contribution in [1.82, 2.24) is 14.8 Å². The molecule has 0 radical (unpaired) electrons. The van der Waals surface area contributed by atoms with E-state index in [0.717, 1.165) is 67.0 Å². The van der Waals surface area contributed by atoms with Crippen molar-refractivity contribution in [3.05, 3.63) is 100 Å². The third-order valence-electron chi connectivity index (χ3n) is 7.65. The van der Waals surface area contributed by atoms with Crippen LogP contribution in [0.3, 0.4) is 0 Å². The van der Waals surface area contributed by atoms with Gasteiger partial charge in [0.1, 0.15) is 25.6 Å². The zero-order valence-corrected chi connectivity index (χ0v) is 23.4. The molecule has 1 N–H and O–H groups in total. The summed E-state index contributed by atoms with van der Waals surface area (Å²) in [6, 6.07) is 26.4. The predicted molar refractivity (Wildman–Crippen MR) is 160 cm³/mol. The molecule has 7 nitrogen and oxygen atoms in total. The maximum Gasteiger partial charge on any atom is 0.254 e. The first-order valence-corrected chi connectivity index (χ1v) is 13.9. The van der Waals surface area contributed by atoms with Gasteiger partial charge in [-0.05, 0) is 61.3 Å². The average molecular weight is 562 g/mol. The van der Waals surface area contributed by atoms with Crippen LogP contribution in [0.2, 0.25) is 0 Å². The molecule has 0 bridgehead atoms. The molecule has 210 valence electrons. The van der Waals surface area contributed by atoms with Gasteiger partial charge in [-0.3, -0.25) is 4.79 Å². The summed E-state index contributed by atoms with van der Waals surface area (Å²) in [6.07, 6.45) is 2.18. The van der Waals surface area contributed by atoms with Gasteiger partial charge in [-0.15, -0.1) is 12.4 Å². The maximum absolute atomic E-state index is 13.1. The smallest absolute Gasteiger partial charge is 0.254 e. The van der Waals surface area contributed by atoms with E-state index < -0.39 is 0 Å². The molecular formula is C32H36ClN3O4. The molecule has 6 rings (SSSR count). The van der Waals surface area contributed by atoms with Crippen LogP contribution >= 0.6 is 12.4 Å². The molecular weight excluding hydrogens is 526 g/mol. The van der Waals surface area contributed by atoms with Crippen molar-refractivity contribution in [2.24, 2.45) is 0 Å². The fourth-order valence-electron chi connectivity index (χ4n) is 5.45. The van der Waals surface area contributed by atoms with Crippen molar-refractivity contribution in [3.8, 4) is 17.2 Å². The van der Waals surface area contributed by atoms with Gasteiger partial charge >= 0.3 is 0 Å². The van der Waals surface area contributed by atoms with E-state index in [1.54, 1.807) is 6.07 Å². The summed E-state index contributed by atoms with van der Waals surface area (Å²) in [6.45, 7) is 6.02. The predicted octanol–water partition coefficient (Wildman–Crippen LogP) is 5.03. The molecule has 1 fully saturated rings. The molecule has 0 amide bonds. The van der Waals surface area contributed by atoms with E-state index in [4.69, 9.17) is 14.2 Å². The van der Waals surface area contributed by atoms with Crippen molar-refractivity contribution in [2.75, 3.05) is 32.8 Å². The Hall–Kier alpha value is -3.52. The average Bonchev–Trinajstić information content (AvgIpc) is 2.99. The van der Waals surface area contributed by atoms with Gasteiger partial charge in [-0.1, -0.05) is 48.5 Å². The summed E-state index contributed by atoms with van der Waals surface area (Å²) < 4.78 is 19.3. The zero-order chi connectivity index (χ0) is 26.4. The lowest BCUT2D eigenvalue weighted by molar-refractivity contribution is 0.171. The van der Waals surface area contributed by atoms with Crippen LogP contribution in [0.5, 0.6) is 17.2 Å². The van der Waals surface area contributed by atoms with E-state index in [9.17, 15) is 4.79 Å². The van der Waals surface area contributed by atoms with E-state index in [1.165, 1.54) is 5.56 Å². The number of piperidine rings is 1. The highest BCUT2D eigenvalue weighted by molar-refractivity contribution is 5.85. The second-order valence-corrected chi connectivity index (χ2v) is 10.3. The highest BCUT2D eigenvalue weighted by atomic mass is 35.5. The van der Waals surface area contributed by atoms with Crippen LogP contribution in [-0.4, -0.2) is 48.4 Å². The molecule has 4 aromatic rings. The number of pyridine rings is 1. The molecule has 8 heteroatoms. The number of likely N-dealkylation sites (tertiary alicyclic amines) is 1. The number of hydrogen-bond acceptors (Lipinski definition) is 6. The Morgan fingerprint density at radius 2 is 1.57 bits per heavy atom. The zero-order valence-electron chi connectivity index (χ0n) is 22.6. The van der Waals surface area contributed by atoms with Gasteiger partial charge in [-0.2, -0.15) is 0 Å². The van der Waals surface area contributed by atoms with E-state index in [1.807, 2.05) is 65.2 Å². The fraction of sp³-hybridized carbons (Fsp3) is 0.344. The topological polar surface area (TPSA) is 65.0 Å². The lowest BCUT2D eigenvalue weighted by Crippen LogP contribution is -2.43. The molecule has 40 heavy (non-hydrogen) atoms. The number of nitrogens with zero attached hydrogens (tertiary/aromatic N) is 2. The quantitative estimate of drug-likeness (QED) is 0.309. The Kier molecular flexibility index (Phi) is 9.26. The van der Waals surface area contributed by atoms with Crippen LogP contribution in [0, 0.1) is 0 Å². The van der Waals surface area contributed by atoms with Crippen LogP contribution in [0.1, 0.15) is 24.0 Å². The Labute approximate surface area is 241 Å². The largest absolute Gasteiger partial charge is 0.488 e.